The van der Waals surface area contributed by atoms with Gasteiger partial charge in [-0.2, -0.15) is 0 Å². The number of nitrogens with one attached hydrogen (secondary N) is 2. The normalized spacial score (nSPS) is 10.2. The van der Waals surface area contributed by atoms with Crippen LogP contribution in [0.2, 0.25) is 0 Å². The molecule has 2 aromatic rings. The first-order valence-electron chi connectivity index (χ1n) is 6.99. The quantitative estimate of drug-likeness (QED) is 0.496. The van der Waals surface area contributed by atoms with Gasteiger partial charge in [0.25, 0.3) is 0 Å². The van der Waals surface area contributed by atoms with Crippen molar-refractivity contribution in [3.63, 3.8) is 0 Å². The molecule has 1 aromatic carbocycles. The van der Waals surface area contributed by atoms with Crippen LogP contribution in [-0.2, 0) is 9.59 Å². The number of nitrogen functional groups attached to an aromatic ring is 1. The lowest BCUT2D eigenvalue weighted by molar-refractivity contribution is -0.122. The summed E-state index contributed by atoms with van der Waals surface area (Å²) >= 11 is 4.50. The van der Waals surface area contributed by atoms with Crippen LogP contribution in [-0.4, -0.2) is 34.1 Å². The summed E-state index contributed by atoms with van der Waals surface area (Å²) < 4.78 is 0.773. The van der Waals surface area contributed by atoms with Crippen molar-refractivity contribution < 1.29 is 9.59 Å². The van der Waals surface area contributed by atoms with Crippen molar-refractivity contribution in [3.05, 3.63) is 40.5 Å². The Morgan fingerprint density at radius 2 is 2.00 bits per heavy atom. The third kappa shape index (κ3) is 5.82. The van der Waals surface area contributed by atoms with E-state index in [0.717, 1.165) is 21.9 Å². The predicted molar refractivity (Wildman–Crippen MR) is 97.7 cm³/mol. The van der Waals surface area contributed by atoms with Crippen molar-refractivity contribution in [2.45, 2.75) is 12.1 Å². The van der Waals surface area contributed by atoms with E-state index in [1.807, 2.05) is 18.2 Å². The summed E-state index contributed by atoms with van der Waals surface area (Å²) in [6.45, 7) is 1.69. The topological polar surface area (TPSA) is 110 Å². The Balaban J connectivity index is 1.76. The van der Waals surface area contributed by atoms with Crippen molar-refractivity contribution in [2.24, 2.45) is 0 Å². The zero-order valence-corrected chi connectivity index (χ0v) is 15.3. The maximum atomic E-state index is 11.8. The predicted octanol–water partition coefficient (Wildman–Crippen LogP) is 1.98. The van der Waals surface area contributed by atoms with Crippen molar-refractivity contribution in [1.29, 1.82) is 0 Å². The van der Waals surface area contributed by atoms with Crippen LogP contribution in [0.1, 0.15) is 5.69 Å². The smallest absolute Gasteiger partial charge is 0.243 e. The molecule has 0 unspecified atom stereocenters. The lowest BCUT2D eigenvalue weighted by Crippen LogP contribution is -2.34. The van der Waals surface area contributed by atoms with E-state index in [4.69, 9.17) is 5.73 Å². The molecule has 0 radical (unpaired) electrons. The molecule has 0 saturated carbocycles. The number of carbonyl (C=O) groups excluding carboxylic acids is 2. The van der Waals surface area contributed by atoms with Crippen LogP contribution in [0.5, 0.6) is 0 Å². The fraction of sp³-hybridized carbons (Fsp3) is 0.200. The Morgan fingerprint density at radius 1 is 1.25 bits per heavy atom. The van der Waals surface area contributed by atoms with Crippen LogP contribution in [0.15, 0.2) is 40.0 Å². The van der Waals surface area contributed by atoms with Gasteiger partial charge in [-0.3, -0.25) is 9.59 Å². The molecule has 2 rings (SSSR count). The van der Waals surface area contributed by atoms with Gasteiger partial charge in [0.1, 0.15) is 5.82 Å². The number of aryl methyl sites for hydroxylation is 1. The molecule has 2 amide bonds. The average Bonchev–Trinajstić information content (AvgIpc) is 2.52. The Morgan fingerprint density at radius 3 is 2.71 bits per heavy atom. The van der Waals surface area contributed by atoms with Gasteiger partial charge in [-0.1, -0.05) is 23.9 Å². The van der Waals surface area contributed by atoms with E-state index in [1.165, 1.54) is 0 Å². The first-order chi connectivity index (χ1) is 11.4. The lowest BCUT2D eigenvalue weighted by Gasteiger charge is -2.08. The lowest BCUT2D eigenvalue weighted by atomic mass is 10.3. The highest BCUT2D eigenvalue weighted by Gasteiger charge is 2.09. The highest BCUT2D eigenvalue weighted by atomic mass is 79.9. The number of nitrogens with zero attached hydrogens (tertiary/aromatic N) is 2. The van der Waals surface area contributed by atoms with Crippen LogP contribution < -0.4 is 16.4 Å². The average molecular weight is 410 g/mol. The number of para-hydroxylation sites is 1. The van der Waals surface area contributed by atoms with Crippen LogP contribution in [0.4, 0.5) is 11.5 Å². The minimum absolute atomic E-state index is 0.102. The number of amides is 2. The van der Waals surface area contributed by atoms with Crippen molar-refractivity contribution in [3.8, 4) is 0 Å². The standard InChI is InChI=1S/C15H16BrN5O2S/c1-9-6-12(17)21-15(19-9)24-8-14(23)18-7-13(22)20-11-5-3-2-4-10(11)16/h2-6H,7-8H2,1H3,(H,18,23)(H,20,22)(H2,17,19,21). The monoisotopic (exact) mass is 409 g/mol. The summed E-state index contributed by atoms with van der Waals surface area (Å²) in [7, 11) is 0. The van der Waals surface area contributed by atoms with Gasteiger partial charge in [-0.25, -0.2) is 9.97 Å². The summed E-state index contributed by atoms with van der Waals surface area (Å²) in [4.78, 5) is 31.8. The number of anilines is 2. The summed E-state index contributed by atoms with van der Waals surface area (Å²) in [5.74, 6) is -0.133. The second-order valence-corrected chi connectivity index (χ2v) is 6.61. The van der Waals surface area contributed by atoms with E-state index in [9.17, 15) is 9.59 Å². The van der Waals surface area contributed by atoms with E-state index in [2.05, 4.69) is 36.5 Å². The molecule has 4 N–H and O–H groups in total. The van der Waals surface area contributed by atoms with Crippen LogP contribution >= 0.6 is 27.7 Å². The SMILES string of the molecule is Cc1cc(N)nc(SCC(=O)NCC(=O)Nc2ccccc2Br)n1. The van der Waals surface area contributed by atoms with Gasteiger partial charge in [-0.15, -0.1) is 0 Å². The number of carbonyl (C=O) groups is 2. The minimum Gasteiger partial charge on any atom is -0.384 e. The third-order valence-electron chi connectivity index (χ3n) is 2.78. The number of nitrogens with two attached hydrogens (primary N) is 1. The summed E-state index contributed by atoms with van der Waals surface area (Å²) in [5.41, 5.74) is 7.01. The van der Waals surface area contributed by atoms with Gasteiger partial charge < -0.3 is 16.4 Å². The molecule has 0 aliphatic rings. The number of hydrogen-bond acceptors (Lipinski definition) is 6. The van der Waals surface area contributed by atoms with Crippen molar-refractivity contribution in [1.82, 2.24) is 15.3 Å². The van der Waals surface area contributed by atoms with Gasteiger partial charge in [0.2, 0.25) is 11.8 Å². The minimum atomic E-state index is -0.309. The molecule has 0 spiro atoms. The van der Waals surface area contributed by atoms with E-state index in [-0.39, 0.29) is 24.1 Å². The van der Waals surface area contributed by atoms with Crippen LogP contribution in [0, 0.1) is 6.92 Å². The highest BCUT2D eigenvalue weighted by molar-refractivity contribution is 9.10. The Labute approximate surface area is 152 Å². The molecule has 0 atom stereocenters. The molecular weight excluding hydrogens is 394 g/mol. The number of benzene rings is 1. The Bertz CT molecular complexity index is 736. The fourth-order valence-corrected chi connectivity index (χ4v) is 2.87. The van der Waals surface area contributed by atoms with E-state index in [0.29, 0.717) is 16.7 Å². The second-order valence-electron chi connectivity index (χ2n) is 4.81. The van der Waals surface area contributed by atoms with Gasteiger partial charge in [0.05, 0.1) is 18.0 Å². The maximum absolute atomic E-state index is 11.8. The van der Waals surface area contributed by atoms with Gasteiger partial charge in [0, 0.05) is 16.2 Å². The number of thioether (sulfide) groups is 1. The van der Waals surface area contributed by atoms with Crippen molar-refractivity contribution in [2.75, 3.05) is 23.3 Å². The van der Waals surface area contributed by atoms with Gasteiger partial charge in [-0.05, 0) is 35.0 Å². The molecule has 0 aliphatic heterocycles. The van der Waals surface area contributed by atoms with Crippen LogP contribution in [0.3, 0.4) is 0 Å². The van der Waals surface area contributed by atoms with E-state index < -0.39 is 0 Å². The molecule has 0 saturated heterocycles. The molecule has 0 aliphatic carbocycles. The number of aromatic nitrogens is 2. The van der Waals surface area contributed by atoms with Gasteiger partial charge >= 0.3 is 0 Å². The maximum Gasteiger partial charge on any atom is 0.243 e. The fourth-order valence-electron chi connectivity index (χ4n) is 1.75. The summed E-state index contributed by atoms with van der Waals surface area (Å²) in [6.07, 6.45) is 0. The highest BCUT2D eigenvalue weighted by Crippen LogP contribution is 2.20. The third-order valence-corrected chi connectivity index (χ3v) is 4.32. The zero-order chi connectivity index (χ0) is 17.5. The summed E-state index contributed by atoms with van der Waals surface area (Å²) in [6, 6.07) is 8.88. The van der Waals surface area contributed by atoms with E-state index in [1.54, 1.807) is 19.1 Å². The van der Waals surface area contributed by atoms with Crippen molar-refractivity contribution >= 4 is 51.0 Å². The second kappa shape index (κ2) is 8.65. The Kier molecular flexibility index (Phi) is 6.56. The molecule has 1 heterocycles. The molecule has 126 valence electrons. The largest absolute Gasteiger partial charge is 0.384 e. The Hall–Kier alpha value is -2.13. The first-order valence-corrected chi connectivity index (χ1v) is 8.77. The number of hydrogen-bond donors (Lipinski definition) is 3. The first kappa shape index (κ1) is 18.2. The molecule has 9 heteroatoms. The van der Waals surface area contributed by atoms with Gasteiger partial charge in [0.15, 0.2) is 5.16 Å². The molecule has 24 heavy (non-hydrogen) atoms. The zero-order valence-electron chi connectivity index (χ0n) is 12.9. The summed E-state index contributed by atoms with van der Waals surface area (Å²) in [5, 5.41) is 5.68. The molecule has 0 bridgehead atoms. The molecule has 1 aromatic heterocycles. The van der Waals surface area contributed by atoms with E-state index >= 15 is 0 Å². The number of rotatable bonds is 6. The number of halogens is 1. The van der Waals surface area contributed by atoms with Crippen LogP contribution in [0.25, 0.3) is 0 Å². The molecule has 7 nitrogen and oxygen atoms in total. The molecular formula is C15H16BrN5O2S. The molecule has 0 fully saturated rings.